The van der Waals surface area contributed by atoms with Gasteiger partial charge in [0, 0.05) is 20.0 Å². The zero-order chi connectivity index (χ0) is 15.5. The summed E-state index contributed by atoms with van der Waals surface area (Å²) in [5.74, 6) is 1.03. The van der Waals surface area contributed by atoms with E-state index in [1.807, 2.05) is 0 Å². The minimum Gasteiger partial charge on any atom is -0.436 e. The van der Waals surface area contributed by atoms with Crippen LogP contribution in [0.2, 0.25) is 0 Å². The van der Waals surface area contributed by atoms with Gasteiger partial charge in [0.05, 0.1) is 5.69 Å². The predicted octanol–water partition coefficient (Wildman–Crippen LogP) is 1.72. The van der Waals surface area contributed by atoms with Crippen molar-refractivity contribution in [3.63, 3.8) is 0 Å². The summed E-state index contributed by atoms with van der Waals surface area (Å²) >= 11 is 0. The van der Waals surface area contributed by atoms with Gasteiger partial charge in [0.15, 0.2) is 5.89 Å². The van der Waals surface area contributed by atoms with Crippen LogP contribution in [0.25, 0.3) is 0 Å². The normalized spacial score (nSPS) is 14.9. The molecule has 22 heavy (non-hydrogen) atoms. The fourth-order valence-electron chi connectivity index (χ4n) is 2.49. The maximum absolute atomic E-state index is 12.2. The van der Waals surface area contributed by atoms with Crippen molar-refractivity contribution in [2.24, 2.45) is 0 Å². The van der Waals surface area contributed by atoms with Crippen molar-refractivity contribution < 1.29 is 9.21 Å². The molecule has 8 heteroatoms. The van der Waals surface area contributed by atoms with E-state index < -0.39 is 5.91 Å². The molecule has 0 saturated carbocycles. The number of carbonyl (C=O) groups excluding carboxylic acids is 1. The minimum absolute atomic E-state index is 0.178. The van der Waals surface area contributed by atoms with E-state index in [1.165, 1.54) is 12.7 Å². The Hall–Kier alpha value is -2.51. The van der Waals surface area contributed by atoms with Crippen LogP contribution in [0.15, 0.2) is 10.7 Å². The predicted molar refractivity (Wildman–Crippen MR) is 79.8 cm³/mol. The van der Waals surface area contributed by atoms with Gasteiger partial charge in [-0.1, -0.05) is 0 Å². The van der Waals surface area contributed by atoms with Gasteiger partial charge < -0.3 is 9.32 Å². The van der Waals surface area contributed by atoms with Crippen molar-refractivity contribution in [3.05, 3.63) is 23.7 Å². The van der Waals surface area contributed by atoms with E-state index in [0.29, 0.717) is 17.5 Å². The molecule has 0 radical (unpaired) electrons. The highest BCUT2D eigenvalue weighted by atomic mass is 16.4. The molecule has 1 aliphatic heterocycles. The number of aryl methyl sites for hydroxylation is 2. The van der Waals surface area contributed by atoms with Crippen LogP contribution in [0.5, 0.6) is 0 Å². The second-order valence-electron chi connectivity index (χ2n) is 5.26. The number of aromatic nitrogens is 4. The van der Waals surface area contributed by atoms with Crippen molar-refractivity contribution in [1.82, 2.24) is 19.9 Å². The van der Waals surface area contributed by atoms with E-state index in [9.17, 15) is 4.79 Å². The summed E-state index contributed by atoms with van der Waals surface area (Å²) in [6.07, 6.45) is 4.90. The average molecular weight is 302 g/mol. The Labute approximate surface area is 128 Å². The summed E-state index contributed by atoms with van der Waals surface area (Å²) in [5, 5.41) is 2.63. The van der Waals surface area contributed by atoms with Crippen LogP contribution in [0.3, 0.4) is 0 Å². The summed E-state index contributed by atoms with van der Waals surface area (Å²) < 4.78 is 5.29. The third-order valence-electron chi connectivity index (χ3n) is 3.53. The SMILES string of the molecule is Cc1nc(C)c(C(=O)Nc2ncnc(N3CCCCC3)n2)o1. The lowest BCUT2D eigenvalue weighted by Crippen LogP contribution is -2.31. The molecule has 1 N–H and O–H groups in total. The molecule has 2 aromatic rings. The van der Waals surface area contributed by atoms with Gasteiger partial charge in [-0.05, 0) is 26.2 Å². The van der Waals surface area contributed by atoms with E-state index in [-0.39, 0.29) is 11.7 Å². The monoisotopic (exact) mass is 302 g/mol. The molecule has 116 valence electrons. The molecule has 1 fully saturated rings. The first-order valence-corrected chi connectivity index (χ1v) is 7.33. The first-order chi connectivity index (χ1) is 10.6. The molecule has 8 nitrogen and oxygen atoms in total. The molecule has 3 rings (SSSR count). The van der Waals surface area contributed by atoms with Gasteiger partial charge in [-0.15, -0.1) is 0 Å². The summed E-state index contributed by atoms with van der Waals surface area (Å²) in [6, 6.07) is 0. The van der Waals surface area contributed by atoms with Gasteiger partial charge in [0.1, 0.15) is 6.33 Å². The van der Waals surface area contributed by atoms with Gasteiger partial charge in [-0.2, -0.15) is 4.98 Å². The lowest BCUT2D eigenvalue weighted by atomic mass is 10.1. The highest BCUT2D eigenvalue weighted by Crippen LogP contribution is 2.16. The Bertz CT molecular complexity index is 678. The van der Waals surface area contributed by atoms with Crippen LogP contribution in [0, 0.1) is 13.8 Å². The van der Waals surface area contributed by atoms with Crippen LogP contribution < -0.4 is 10.2 Å². The fourth-order valence-corrected chi connectivity index (χ4v) is 2.49. The number of hydrogen-bond acceptors (Lipinski definition) is 7. The van der Waals surface area contributed by atoms with Crippen molar-refractivity contribution >= 4 is 17.8 Å². The summed E-state index contributed by atoms with van der Waals surface area (Å²) in [4.78, 5) is 30.8. The van der Waals surface area contributed by atoms with Gasteiger partial charge in [-0.3, -0.25) is 10.1 Å². The number of oxazole rings is 1. The topological polar surface area (TPSA) is 97.0 Å². The van der Waals surface area contributed by atoms with E-state index in [4.69, 9.17) is 4.42 Å². The molecule has 3 heterocycles. The molecule has 0 bridgehead atoms. The van der Waals surface area contributed by atoms with Crippen LogP contribution in [0.4, 0.5) is 11.9 Å². The average Bonchev–Trinajstić information content (AvgIpc) is 2.87. The van der Waals surface area contributed by atoms with E-state index in [2.05, 4.69) is 30.2 Å². The number of hydrogen-bond donors (Lipinski definition) is 1. The molecule has 1 amide bonds. The quantitative estimate of drug-likeness (QED) is 0.921. The summed E-state index contributed by atoms with van der Waals surface area (Å²) in [6.45, 7) is 5.27. The highest BCUT2D eigenvalue weighted by molar-refractivity contribution is 6.01. The van der Waals surface area contributed by atoms with Gasteiger partial charge in [0.2, 0.25) is 17.7 Å². The molecule has 0 spiro atoms. The van der Waals surface area contributed by atoms with E-state index in [1.54, 1.807) is 13.8 Å². The van der Waals surface area contributed by atoms with Crippen molar-refractivity contribution in [3.8, 4) is 0 Å². The Morgan fingerprint density at radius 3 is 2.64 bits per heavy atom. The number of carbonyl (C=O) groups is 1. The second-order valence-corrected chi connectivity index (χ2v) is 5.26. The maximum atomic E-state index is 12.2. The van der Waals surface area contributed by atoms with Crippen molar-refractivity contribution in [2.45, 2.75) is 33.1 Å². The van der Waals surface area contributed by atoms with E-state index >= 15 is 0 Å². The Balaban J connectivity index is 1.75. The number of anilines is 2. The lowest BCUT2D eigenvalue weighted by molar-refractivity contribution is 0.0993. The van der Waals surface area contributed by atoms with Crippen LogP contribution >= 0.6 is 0 Å². The van der Waals surface area contributed by atoms with E-state index in [0.717, 1.165) is 25.9 Å². The lowest BCUT2D eigenvalue weighted by Gasteiger charge is -2.26. The Kier molecular flexibility index (Phi) is 3.99. The van der Waals surface area contributed by atoms with Crippen LogP contribution in [-0.4, -0.2) is 38.9 Å². The van der Waals surface area contributed by atoms with Gasteiger partial charge in [0.25, 0.3) is 5.91 Å². The Morgan fingerprint density at radius 2 is 1.95 bits per heavy atom. The van der Waals surface area contributed by atoms with Crippen molar-refractivity contribution in [1.29, 1.82) is 0 Å². The number of nitrogens with zero attached hydrogens (tertiary/aromatic N) is 5. The molecular weight excluding hydrogens is 284 g/mol. The highest BCUT2D eigenvalue weighted by Gasteiger charge is 2.19. The zero-order valence-corrected chi connectivity index (χ0v) is 12.7. The third-order valence-corrected chi connectivity index (χ3v) is 3.53. The summed E-state index contributed by atoms with van der Waals surface area (Å²) in [5.41, 5.74) is 0.542. The molecule has 1 aliphatic rings. The summed E-state index contributed by atoms with van der Waals surface area (Å²) in [7, 11) is 0. The molecule has 2 aromatic heterocycles. The first kappa shape index (κ1) is 14.4. The molecular formula is C14H18N6O2. The third kappa shape index (κ3) is 3.05. The molecule has 1 saturated heterocycles. The minimum atomic E-state index is -0.408. The van der Waals surface area contributed by atoms with Gasteiger partial charge in [-0.25, -0.2) is 15.0 Å². The van der Waals surface area contributed by atoms with Crippen LogP contribution in [0.1, 0.15) is 41.4 Å². The zero-order valence-electron chi connectivity index (χ0n) is 12.7. The maximum Gasteiger partial charge on any atom is 0.295 e. The largest absolute Gasteiger partial charge is 0.436 e. The molecule has 0 aromatic carbocycles. The van der Waals surface area contributed by atoms with Gasteiger partial charge >= 0.3 is 0 Å². The number of nitrogens with one attached hydrogen (secondary N) is 1. The first-order valence-electron chi connectivity index (χ1n) is 7.33. The number of piperidine rings is 1. The standard InChI is InChI=1S/C14H18N6O2/c1-9-11(22-10(2)17-9)12(21)18-13-15-8-16-14(19-13)20-6-4-3-5-7-20/h8H,3-7H2,1-2H3,(H,15,16,18,19,21). The molecule has 0 unspecified atom stereocenters. The fraction of sp³-hybridized carbons (Fsp3) is 0.500. The van der Waals surface area contributed by atoms with Crippen molar-refractivity contribution in [2.75, 3.05) is 23.3 Å². The molecule has 0 atom stereocenters. The Morgan fingerprint density at radius 1 is 1.18 bits per heavy atom. The van der Waals surface area contributed by atoms with Crippen LogP contribution in [-0.2, 0) is 0 Å². The smallest absolute Gasteiger partial charge is 0.295 e. The molecule has 0 aliphatic carbocycles. The number of rotatable bonds is 3. The second kappa shape index (κ2) is 6.08. The number of amides is 1.